The van der Waals surface area contributed by atoms with Crippen molar-refractivity contribution in [1.82, 2.24) is 10.3 Å². The van der Waals surface area contributed by atoms with Crippen LogP contribution in [0.25, 0.3) is 0 Å². The lowest BCUT2D eigenvalue weighted by Crippen LogP contribution is -2.40. The molecule has 0 amide bonds. The zero-order valence-corrected chi connectivity index (χ0v) is 9.91. The van der Waals surface area contributed by atoms with Gasteiger partial charge in [0.2, 0.25) is 5.56 Å². The van der Waals surface area contributed by atoms with Crippen LogP contribution >= 0.6 is 12.4 Å². The highest BCUT2D eigenvalue weighted by Crippen LogP contribution is 2.32. The van der Waals surface area contributed by atoms with Crippen molar-refractivity contribution in [1.29, 1.82) is 0 Å². The molecule has 0 spiro atoms. The van der Waals surface area contributed by atoms with Crippen molar-refractivity contribution >= 4 is 12.4 Å². The lowest BCUT2D eigenvalue weighted by molar-refractivity contribution is 0.334. The maximum atomic E-state index is 11.2. The Morgan fingerprint density at radius 3 is 2.87 bits per heavy atom. The number of aryl methyl sites for hydroxylation is 1. The van der Waals surface area contributed by atoms with Crippen LogP contribution in [0.2, 0.25) is 0 Å². The number of fused-ring (bicyclic) bond motifs is 1. The minimum atomic E-state index is 0. The molecule has 84 valence electrons. The van der Waals surface area contributed by atoms with E-state index in [1.54, 1.807) is 6.07 Å². The number of hydrogen-bond donors (Lipinski definition) is 2. The lowest BCUT2D eigenvalue weighted by Gasteiger charge is -2.35. The number of halogens is 1. The molecule has 15 heavy (non-hydrogen) atoms. The van der Waals surface area contributed by atoms with Gasteiger partial charge in [-0.25, -0.2) is 0 Å². The molecule has 1 atom stereocenters. The van der Waals surface area contributed by atoms with Crippen molar-refractivity contribution in [3.63, 3.8) is 0 Å². The Morgan fingerprint density at radius 2 is 2.20 bits per heavy atom. The summed E-state index contributed by atoms with van der Waals surface area (Å²) in [6.07, 6.45) is 3.25. The molecule has 0 radical (unpaired) electrons. The van der Waals surface area contributed by atoms with E-state index in [0.717, 1.165) is 25.0 Å². The number of pyridine rings is 1. The van der Waals surface area contributed by atoms with Gasteiger partial charge >= 0.3 is 0 Å². The van der Waals surface area contributed by atoms with Crippen molar-refractivity contribution in [2.75, 3.05) is 7.05 Å². The van der Waals surface area contributed by atoms with Crippen LogP contribution in [-0.2, 0) is 12.0 Å². The first-order valence-electron chi connectivity index (χ1n) is 5.07. The van der Waals surface area contributed by atoms with Gasteiger partial charge in [0.25, 0.3) is 0 Å². The van der Waals surface area contributed by atoms with Crippen LogP contribution in [0.15, 0.2) is 16.9 Å². The van der Waals surface area contributed by atoms with Gasteiger partial charge in [0, 0.05) is 17.3 Å². The normalized spacial score (nSPS) is 24.1. The fourth-order valence-electron chi connectivity index (χ4n) is 2.24. The number of H-pyrrole nitrogens is 1. The summed E-state index contributed by atoms with van der Waals surface area (Å²) < 4.78 is 0. The van der Waals surface area contributed by atoms with Crippen LogP contribution in [0.5, 0.6) is 0 Å². The minimum absolute atomic E-state index is 0. The van der Waals surface area contributed by atoms with E-state index in [-0.39, 0.29) is 23.5 Å². The molecule has 1 aromatic rings. The van der Waals surface area contributed by atoms with Crippen LogP contribution in [0.4, 0.5) is 0 Å². The van der Waals surface area contributed by atoms with Gasteiger partial charge in [0.15, 0.2) is 0 Å². The first-order valence-corrected chi connectivity index (χ1v) is 5.07. The highest BCUT2D eigenvalue weighted by Gasteiger charge is 2.30. The molecular formula is C11H17ClN2O. The van der Waals surface area contributed by atoms with E-state index in [0.29, 0.717) is 0 Å². The SMILES string of the molecule is CNC1(C)CCCc2[nH]c(=O)ccc21.Cl. The standard InChI is InChI=1S/C11H16N2O.ClH/c1-11(12-2)7-3-4-9-8(11)5-6-10(14)13-9;/h5-6,12H,3-4,7H2,1-2H3,(H,13,14);1H. The summed E-state index contributed by atoms with van der Waals surface area (Å²) in [5.41, 5.74) is 2.37. The Labute approximate surface area is 95.7 Å². The molecule has 0 aliphatic heterocycles. The second-order valence-corrected chi connectivity index (χ2v) is 4.15. The van der Waals surface area contributed by atoms with Gasteiger partial charge in [-0.3, -0.25) is 4.79 Å². The summed E-state index contributed by atoms with van der Waals surface area (Å²) >= 11 is 0. The summed E-state index contributed by atoms with van der Waals surface area (Å²) in [6, 6.07) is 3.56. The molecule has 3 nitrogen and oxygen atoms in total. The van der Waals surface area contributed by atoms with Gasteiger partial charge < -0.3 is 10.3 Å². The van der Waals surface area contributed by atoms with E-state index < -0.39 is 0 Å². The fraction of sp³-hybridized carbons (Fsp3) is 0.545. The van der Waals surface area contributed by atoms with Gasteiger partial charge in [-0.05, 0) is 44.9 Å². The number of aromatic nitrogens is 1. The van der Waals surface area contributed by atoms with Gasteiger partial charge in [-0.1, -0.05) is 0 Å². The van der Waals surface area contributed by atoms with Crippen LogP contribution < -0.4 is 10.9 Å². The monoisotopic (exact) mass is 228 g/mol. The quantitative estimate of drug-likeness (QED) is 0.767. The molecule has 0 saturated carbocycles. The fourth-order valence-corrected chi connectivity index (χ4v) is 2.24. The van der Waals surface area contributed by atoms with E-state index in [1.807, 2.05) is 13.1 Å². The van der Waals surface area contributed by atoms with Crippen LogP contribution in [0.3, 0.4) is 0 Å². The van der Waals surface area contributed by atoms with Gasteiger partial charge in [0.1, 0.15) is 0 Å². The van der Waals surface area contributed by atoms with Gasteiger partial charge in [-0.2, -0.15) is 0 Å². The number of hydrogen-bond acceptors (Lipinski definition) is 2. The van der Waals surface area contributed by atoms with E-state index in [9.17, 15) is 4.79 Å². The predicted molar refractivity (Wildman–Crippen MR) is 63.7 cm³/mol. The third-order valence-corrected chi connectivity index (χ3v) is 3.25. The van der Waals surface area contributed by atoms with E-state index in [2.05, 4.69) is 17.2 Å². The molecule has 0 fully saturated rings. The molecule has 1 aromatic heterocycles. The molecule has 1 heterocycles. The smallest absolute Gasteiger partial charge is 0.248 e. The maximum Gasteiger partial charge on any atom is 0.248 e. The molecule has 2 rings (SSSR count). The number of aromatic amines is 1. The summed E-state index contributed by atoms with van der Waals surface area (Å²) in [7, 11) is 1.97. The molecule has 0 saturated heterocycles. The third kappa shape index (κ3) is 2.08. The molecule has 1 unspecified atom stereocenters. The number of rotatable bonds is 1. The van der Waals surface area contributed by atoms with Crippen LogP contribution in [0, 0.1) is 0 Å². The molecule has 1 aliphatic carbocycles. The zero-order chi connectivity index (χ0) is 10.2. The topological polar surface area (TPSA) is 44.9 Å². The average molecular weight is 229 g/mol. The molecule has 2 N–H and O–H groups in total. The highest BCUT2D eigenvalue weighted by atomic mass is 35.5. The minimum Gasteiger partial charge on any atom is -0.326 e. The highest BCUT2D eigenvalue weighted by molar-refractivity contribution is 5.85. The Bertz CT molecular complexity index is 402. The molecular weight excluding hydrogens is 212 g/mol. The van der Waals surface area contributed by atoms with Crippen LogP contribution in [-0.4, -0.2) is 12.0 Å². The first kappa shape index (κ1) is 12.3. The van der Waals surface area contributed by atoms with E-state index >= 15 is 0 Å². The maximum absolute atomic E-state index is 11.2. The first-order chi connectivity index (χ1) is 6.65. The van der Waals surface area contributed by atoms with Crippen molar-refractivity contribution in [3.05, 3.63) is 33.7 Å². The summed E-state index contributed by atoms with van der Waals surface area (Å²) in [5, 5.41) is 3.33. The van der Waals surface area contributed by atoms with E-state index in [4.69, 9.17) is 0 Å². The lowest BCUT2D eigenvalue weighted by atomic mass is 9.80. The molecule has 1 aliphatic rings. The van der Waals surface area contributed by atoms with Gasteiger partial charge in [0.05, 0.1) is 0 Å². The summed E-state index contributed by atoms with van der Waals surface area (Å²) in [6.45, 7) is 2.18. The van der Waals surface area contributed by atoms with Gasteiger partial charge in [-0.15, -0.1) is 12.4 Å². The van der Waals surface area contributed by atoms with E-state index in [1.165, 1.54) is 5.56 Å². The molecule has 0 bridgehead atoms. The van der Waals surface area contributed by atoms with Crippen molar-refractivity contribution in [2.24, 2.45) is 0 Å². The third-order valence-electron chi connectivity index (χ3n) is 3.25. The Morgan fingerprint density at radius 1 is 1.47 bits per heavy atom. The Balaban J connectivity index is 0.00000112. The molecule has 0 aromatic carbocycles. The largest absolute Gasteiger partial charge is 0.326 e. The number of nitrogens with one attached hydrogen (secondary N) is 2. The van der Waals surface area contributed by atoms with Crippen molar-refractivity contribution in [2.45, 2.75) is 31.7 Å². The second-order valence-electron chi connectivity index (χ2n) is 4.15. The Kier molecular flexibility index (Phi) is 3.58. The second kappa shape index (κ2) is 4.37. The molecule has 4 heteroatoms. The van der Waals surface area contributed by atoms with Crippen molar-refractivity contribution < 1.29 is 0 Å². The predicted octanol–water partition coefficient (Wildman–Crippen LogP) is 1.57. The summed E-state index contributed by atoms with van der Waals surface area (Å²) in [5.74, 6) is 0. The van der Waals surface area contributed by atoms with Crippen molar-refractivity contribution in [3.8, 4) is 0 Å². The average Bonchev–Trinajstić information content (AvgIpc) is 2.18. The summed E-state index contributed by atoms with van der Waals surface area (Å²) in [4.78, 5) is 14.1. The zero-order valence-electron chi connectivity index (χ0n) is 9.09. The van der Waals surface area contributed by atoms with Crippen LogP contribution in [0.1, 0.15) is 31.0 Å². The Hall–Kier alpha value is -0.800.